The molecule has 0 bridgehead atoms. The molecule has 0 unspecified atom stereocenters. The highest BCUT2D eigenvalue weighted by Crippen LogP contribution is 2.39. The van der Waals surface area contributed by atoms with Gasteiger partial charge in [-0.2, -0.15) is 0 Å². The SMILES string of the molecule is CCOC(=O)C1(S(C)(=O)=O)CCC1. The summed E-state index contributed by atoms with van der Waals surface area (Å²) in [4.78, 5) is 11.4. The van der Waals surface area contributed by atoms with Crippen LogP contribution in [0.5, 0.6) is 0 Å². The first kappa shape index (κ1) is 10.5. The zero-order valence-corrected chi connectivity index (χ0v) is 8.69. The molecule has 0 N–H and O–H groups in total. The van der Waals surface area contributed by atoms with E-state index in [1.165, 1.54) is 0 Å². The lowest BCUT2D eigenvalue weighted by molar-refractivity contribution is -0.148. The summed E-state index contributed by atoms with van der Waals surface area (Å²) in [6.45, 7) is 1.91. The first-order chi connectivity index (χ1) is 5.94. The molecule has 5 heteroatoms. The minimum absolute atomic E-state index is 0.232. The van der Waals surface area contributed by atoms with Crippen molar-refractivity contribution in [3.05, 3.63) is 0 Å². The van der Waals surface area contributed by atoms with E-state index in [0.717, 1.165) is 12.7 Å². The van der Waals surface area contributed by atoms with Crippen molar-refractivity contribution in [3.8, 4) is 0 Å². The van der Waals surface area contributed by atoms with Crippen molar-refractivity contribution in [1.82, 2.24) is 0 Å². The largest absolute Gasteiger partial charge is 0.465 e. The van der Waals surface area contributed by atoms with Gasteiger partial charge in [0, 0.05) is 6.26 Å². The topological polar surface area (TPSA) is 60.4 Å². The first-order valence-corrected chi connectivity index (χ1v) is 6.20. The number of carbonyl (C=O) groups is 1. The van der Waals surface area contributed by atoms with E-state index in [1.54, 1.807) is 6.92 Å². The third-order valence-corrected chi connectivity index (χ3v) is 4.51. The van der Waals surface area contributed by atoms with Crippen molar-refractivity contribution in [1.29, 1.82) is 0 Å². The average molecular weight is 206 g/mol. The number of rotatable bonds is 3. The van der Waals surface area contributed by atoms with E-state index in [-0.39, 0.29) is 6.61 Å². The molecule has 0 radical (unpaired) electrons. The Morgan fingerprint density at radius 1 is 1.46 bits per heavy atom. The third kappa shape index (κ3) is 1.57. The van der Waals surface area contributed by atoms with Gasteiger partial charge in [-0.1, -0.05) is 0 Å². The molecule has 13 heavy (non-hydrogen) atoms. The molecule has 0 saturated heterocycles. The fourth-order valence-corrected chi connectivity index (χ4v) is 2.88. The molecular weight excluding hydrogens is 192 g/mol. The standard InChI is InChI=1S/C8H14O4S/c1-3-12-7(9)8(5-4-6-8)13(2,10)11/h3-6H2,1-2H3. The van der Waals surface area contributed by atoms with E-state index in [4.69, 9.17) is 4.74 Å². The summed E-state index contributed by atoms with van der Waals surface area (Å²) in [6, 6.07) is 0. The lowest BCUT2D eigenvalue weighted by atomic mass is 9.84. The second-order valence-electron chi connectivity index (χ2n) is 3.34. The minimum atomic E-state index is -3.32. The Morgan fingerprint density at radius 2 is 2.00 bits per heavy atom. The molecule has 0 aromatic heterocycles. The maximum Gasteiger partial charge on any atom is 0.327 e. The zero-order valence-electron chi connectivity index (χ0n) is 7.87. The van der Waals surface area contributed by atoms with Crippen LogP contribution in [0.25, 0.3) is 0 Å². The van der Waals surface area contributed by atoms with E-state index >= 15 is 0 Å². The van der Waals surface area contributed by atoms with Crippen LogP contribution >= 0.6 is 0 Å². The molecular formula is C8H14O4S. The molecule has 0 spiro atoms. The van der Waals surface area contributed by atoms with Crippen LogP contribution in [0.3, 0.4) is 0 Å². The van der Waals surface area contributed by atoms with Gasteiger partial charge in [0.1, 0.15) is 0 Å². The van der Waals surface area contributed by atoms with Crippen molar-refractivity contribution in [2.75, 3.05) is 12.9 Å². The van der Waals surface area contributed by atoms with Gasteiger partial charge < -0.3 is 4.74 Å². The molecule has 0 heterocycles. The molecule has 1 rings (SSSR count). The Hall–Kier alpha value is -0.580. The molecule has 76 valence electrons. The molecule has 1 aliphatic carbocycles. The maximum absolute atomic E-state index is 11.4. The number of hydrogen-bond donors (Lipinski definition) is 0. The van der Waals surface area contributed by atoms with Crippen LogP contribution in [0.2, 0.25) is 0 Å². The van der Waals surface area contributed by atoms with Crippen LogP contribution in [-0.4, -0.2) is 32.0 Å². The van der Waals surface area contributed by atoms with Crippen LogP contribution in [0.4, 0.5) is 0 Å². The molecule has 0 aromatic carbocycles. The van der Waals surface area contributed by atoms with Gasteiger partial charge >= 0.3 is 5.97 Å². The first-order valence-electron chi connectivity index (χ1n) is 4.31. The molecule has 1 saturated carbocycles. The summed E-state index contributed by atoms with van der Waals surface area (Å²) in [6.07, 6.45) is 2.70. The van der Waals surface area contributed by atoms with Crippen molar-refractivity contribution < 1.29 is 17.9 Å². The Bertz CT molecular complexity index is 300. The predicted molar refractivity (Wildman–Crippen MR) is 48.1 cm³/mol. The minimum Gasteiger partial charge on any atom is -0.465 e. The molecule has 0 amide bonds. The van der Waals surface area contributed by atoms with E-state index in [0.29, 0.717) is 12.8 Å². The number of hydrogen-bond acceptors (Lipinski definition) is 4. The highest BCUT2D eigenvalue weighted by atomic mass is 32.2. The summed E-state index contributed by atoms with van der Waals surface area (Å²) in [7, 11) is -3.32. The van der Waals surface area contributed by atoms with Crippen molar-refractivity contribution in [2.45, 2.75) is 30.9 Å². The van der Waals surface area contributed by atoms with Gasteiger partial charge in [0.15, 0.2) is 14.6 Å². The lowest BCUT2D eigenvalue weighted by Gasteiger charge is -2.36. The Balaban J connectivity index is 2.89. The quantitative estimate of drug-likeness (QED) is 0.631. The van der Waals surface area contributed by atoms with Gasteiger partial charge in [-0.05, 0) is 26.2 Å². The summed E-state index contributed by atoms with van der Waals surface area (Å²) < 4.78 is 26.2. The van der Waals surface area contributed by atoms with Crippen LogP contribution in [-0.2, 0) is 19.4 Å². The summed E-state index contributed by atoms with van der Waals surface area (Å²) in [5, 5.41) is 0. The van der Waals surface area contributed by atoms with Crippen LogP contribution in [0.15, 0.2) is 0 Å². The molecule has 4 nitrogen and oxygen atoms in total. The fourth-order valence-electron chi connectivity index (χ4n) is 1.49. The average Bonchev–Trinajstić information content (AvgIpc) is 1.80. The summed E-state index contributed by atoms with van der Waals surface area (Å²) in [5.41, 5.74) is 0. The molecule has 0 aromatic rings. The number of sulfone groups is 1. The molecule has 0 atom stereocenters. The second kappa shape index (κ2) is 3.29. The van der Waals surface area contributed by atoms with Gasteiger partial charge in [-0.3, -0.25) is 4.79 Å². The third-order valence-electron chi connectivity index (χ3n) is 2.52. The Morgan fingerprint density at radius 3 is 2.23 bits per heavy atom. The van der Waals surface area contributed by atoms with Crippen LogP contribution < -0.4 is 0 Å². The van der Waals surface area contributed by atoms with Crippen LogP contribution in [0, 0.1) is 0 Å². The van der Waals surface area contributed by atoms with E-state index in [1.807, 2.05) is 0 Å². The van der Waals surface area contributed by atoms with Crippen molar-refractivity contribution in [2.24, 2.45) is 0 Å². The molecule has 1 fully saturated rings. The monoisotopic (exact) mass is 206 g/mol. The van der Waals surface area contributed by atoms with Crippen molar-refractivity contribution >= 4 is 15.8 Å². The van der Waals surface area contributed by atoms with E-state index < -0.39 is 20.6 Å². The normalized spacial score (nSPS) is 20.5. The maximum atomic E-state index is 11.4. The van der Waals surface area contributed by atoms with E-state index in [9.17, 15) is 13.2 Å². The predicted octanol–water partition coefficient (Wildman–Crippen LogP) is 0.517. The Labute approximate surface area is 78.2 Å². The highest BCUT2D eigenvalue weighted by Gasteiger charge is 2.54. The van der Waals surface area contributed by atoms with Gasteiger partial charge in [-0.25, -0.2) is 8.42 Å². The highest BCUT2D eigenvalue weighted by molar-refractivity contribution is 7.92. The smallest absolute Gasteiger partial charge is 0.327 e. The number of esters is 1. The van der Waals surface area contributed by atoms with Gasteiger partial charge in [0.2, 0.25) is 0 Å². The second-order valence-corrected chi connectivity index (χ2v) is 5.67. The summed E-state index contributed by atoms with van der Waals surface area (Å²) in [5.74, 6) is -0.580. The van der Waals surface area contributed by atoms with E-state index in [2.05, 4.69) is 0 Å². The summed E-state index contributed by atoms with van der Waals surface area (Å²) >= 11 is 0. The van der Waals surface area contributed by atoms with Gasteiger partial charge in [0.05, 0.1) is 6.61 Å². The number of ether oxygens (including phenoxy) is 1. The molecule has 0 aliphatic heterocycles. The van der Waals surface area contributed by atoms with Crippen LogP contribution in [0.1, 0.15) is 26.2 Å². The van der Waals surface area contributed by atoms with Gasteiger partial charge in [-0.15, -0.1) is 0 Å². The van der Waals surface area contributed by atoms with Gasteiger partial charge in [0.25, 0.3) is 0 Å². The lowest BCUT2D eigenvalue weighted by Crippen LogP contribution is -2.52. The molecule has 1 aliphatic rings. The number of carbonyl (C=O) groups excluding carboxylic acids is 1. The zero-order chi connectivity index (χ0) is 10.1. The fraction of sp³-hybridized carbons (Fsp3) is 0.875. The van der Waals surface area contributed by atoms with Crippen molar-refractivity contribution in [3.63, 3.8) is 0 Å². The Kier molecular flexibility index (Phi) is 2.66.